The third kappa shape index (κ3) is 3.35. The van der Waals surface area contributed by atoms with Gasteiger partial charge in [0.1, 0.15) is 5.82 Å². The van der Waals surface area contributed by atoms with Crippen molar-refractivity contribution in [2.24, 2.45) is 0 Å². The summed E-state index contributed by atoms with van der Waals surface area (Å²) in [7, 11) is 0. The van der Waals surface area contributed by atoms with Crippen molar-refractivity contribution in [3.05, 3.63) is 65.0 Å². The third-order valence-electron chi connectivity index (χ3n) is 7.34. The number of amides is 1. The normalized spacial score (nSPS) is 21.1. The first kappa shape index (κ1) is 19.7. The van der Waals surface area contributed by atoms with E-state index in [1.54, 1.807) is 12.1 Å². The predicted octanol–water partition coefficient (Wildman–Crippen LogP) is 5.28. The van der Waals surface area contributed by atoms with E-state index in [0.29, 0.717) is 12.1 Å². The van der Waals surface area contributed by atoms with Gasteiger partial charge in [0.2, 0.25) is 0 Å². The van der Waals surface area contributed by atoms with Gasteiger partial charge in [-0.05, 0) is 85.6 Å². The predicted molar refractivity (Wildman–Crippen MR) is 119 cm³/mol. The number of carbonyl (C=O) groups is 1. The quantitative estimate of drug-likeness (QED) is 0.677. The molecule has 1 saturated carbocycles. The Morgan fingerprint density at radius 2 is 1.70 bits per heavy atom. The Morgan fingerprint density at radius 3 is 2.30 bits per heavy atom. The van der Waals surface area contributed by atoms with Crippen LogP contribution in [0.25, 0.3) is 0 Å². The lowest BCUT2D eigenvalue weighted by Gasteiger charge is -2.40. The van der Waals surface area contributed by atoms with Crippen LogP contribution < -0.4 is 4.90 Å². The molecule has 2 heterocycles. The molecule has 1 spiro atoms. The van der Waals surface area contributed by atoms with Gasteiger partial charge in [-0.2, -0.15) is 0 Å². The molecule has 30 heavy (non-hydrogen) atoms. The first-order valence-electron chi connectivity index (χ1n) is 11.2. The summed E-state index contributed by atoms with van der Waals surface area (Å²) in [5.74, 6) is -0.189. The SMILES string of the molecule is CC(C)(C)c1ccc(C(=O)N2CC3(CCN(C4CC4)CC3)c3cc(F)ccc32)cc1. The van der Waals surface area contributed by atoms with Gasteiger partial charge in [0.25, 0.3) is 5.91 Å². The monoisotopic (exact) mass is 406 g/mol. The molecule has 2 aromatic rings. The highest BCUT2D eigenvalue weighted by Gasteiger charge is 2.48. The fourth-order valence-corrected chi connectivity index (χ4v) is 5.28. The molecule has 0 aromatic heterocycles. The molecular formula is C26H31FN2O. The number of hydrogen-bond acceptors (Lipinski definition) is 2. The van der Waals surface area contributed by atoms with Gasteiger partial charge in [-0.1, -0.05) is 32.9 Å². The van der Waals surface area contributed by atoms with Crippen molar-refractivity contribution in [2.45, 2.75) is 63.3 Å². The lowest BCUT2D eigenvalue weighted by atomic mass is 9.74. The van der Waals surface area contributed by atoms with Crippen molar-refractivity contribution in [3.63, 3.8) is 0 Å². The van der Waals surface area contributed by atoms with Crippen molar-refractivity contribution >= 4 is 11.6 Å². The summed E-state index contributed by atoms with van der Waals surface area (Å²) in [4.78, 5) is 18.0. The van der Waals surface area contributed by atoms with Gasteiger partial charge >= 0.3 is 0 Å². The summed E-state index contributed by atoms with van der Waals surface area (Å²) < 4.78 is 14.2. The molecule has 2 aromatic carbocycles. The van der Waals surface area contributed by atoms with Crippen LogP contribution in [-0.2, 0) is 10.8 Å². The topological polar surface area (TPSA) is 23.6 Å². The maximum Gasteiger partial charge on any atom is 0.258 e. The van der Waals surface area contributed by atoms with Crippen LogP contribution in [0.4, 0.5) is 10.1 Å². The molecule has 3 nitrogen and oxygen atoms in total. The Labute approximate surface area is 178 Å². The van der Waals surface area contributed by atoms with E-state index < -0.39 is 0 Å². The average Bonchev–Trinajstić information content (AvgIpc) is 3.53. The standard InChI is InChI=1S/C26H31FN2O/c1-25(2,3)19-6-4-18(5-7-19)24(30)29-17-26(22-16-20(27)8-11-23(22)29)12-14-28(15-13-26)21-9-10-21/h4-8,11,16,21H,9-10,12-15,17H2,1-3H3. The molecule has 1 saturated heterocycles. The van der Waals surface area contributed by atoms with E-state index in [0.717, 1.165) is 43.2 Å². The summed E-state index contributed by atoms with van der Waals surface area (Å²) in [6, 6.07) is 13.7. The Bertz CT molecular complexity index is 964. The van der Waals surface area contributed by atoms with Gasteiger partial charge in [0.15, 0.2) is 0 Å². The van der Waals surface area contributed by atoms with Crippen LogP contribution in [0.1, 0.15) is 67.9 Å². The number of halogens is 1. The minimum atomic E-state index is -0.207. The summed E-state index contributed by atoms with van der Waals surface area (Å²) in [6.45, 7) is 9.27. The molecule has 5 rings (SSSR count). The van der Waals surface area contributed by atoms with E-state index in [2.05, 4.69) is 37.8 Å². The fourth-order valence-electron chi connectivity index (χ4n) is 5.28. The highest BCUT2D eigenvalue weighted by molar-refractivity contribution is 6.07. The van der Waals surface area contributed by atoms with Gasteiger partial charge in [0, 0.05) is 29.3 Å². The molecule has 0 unspecified atom stereocenters. The number of likely N-dealkylation sites (tertiary alicyclic amines) is 1. The number of rotatable bonds is 2. The number of nitrogens with zero attached hydrogens (tertiary/aromatic N) is 2. The van der Waals surface area contributed by atoms with Gasteiger partial charge in [-0.15, -0.1) is 0 Å². The van der Waals surface area contributed by atoms with Crippen LogP contribution >= 0.6 is 0 Å². The largest absolute Gasteiger partial charge is 0.307 e. The second-order valence-corrected chi connectivity index (χ2v) is 10.4. The Kier molecular flexibility index (Phi) is 4.55. The summed E-state index contributed by atoms with van der Waals surface area (Å²) >= 11 is 0. The zero-order chi connectivity index (χ0) is 21.1. The minimum Gasteiger partial charge on any atom is -0.307 e. The van der Waals surface area contributed by atoms with E-state index in [1.165, 1.54) is 24.5 Å². The molecular weight excluding hydrogens is 375 g/mol. The Balaban J connectivity index is 1.44. The highest BCUT2D eigenvalue weighted by atomic mass is 19.1. The number of benzene rings is 2. The second kappa shape index (κ2) is 6.91. The van der Waals surface area contributed by atoms with Crippen molar-refractivity contribution in [3.8, 4) is 0 Å². The molecule has 2 fully saturated rings. The molecule has 158 valence electrons. The maximum absolute atomic E-state index is 14.2. The van der Waals surface area contributed by atoms with Crippen LogP contribution in [0.5, 0.6) is 0 Å². The molecule has 0 atom stereocenters. The van der Waals surface area contributed by atoms with E-state index >= 15 is 0 Å². The Hall–Kier alpha value is -2.20. The van der Waals surface area contributed by atoms with E-state index in [4.69, 9.17) is 0 Å². The lowest BCUT2D eigenvalue weighted by Crippen LogP contribution is -2.46. The van der Waals surface area contributed by atoms with Gasteiger partial charge in [-0.3, -0.25) is 4.79 Å². The number of fused-ring (bicyclic) bond motifs is 2. The molecule has 0 radical (unpaired) electrons. The Morgan fingerprint density at radius 1 is 1.03 bits per heavy atom. The molecule has 4 heteroatoms. The molecule has 0 bridgehead atoms. The van der Waals surface area contributed by atoms with Crippen LogP contribution in [0, 0.1) is 5.82 Å². The van der Waals surface area contributed by atoms with Crippen molar-refractivity contribution in [2.75, 3.05) is 24.5 Å². The van der Waals surface area contributed by atoms with Crippen molar-refractivity contribution in [1.29, 1.82) is 0 Å². The summed E-state index contributed by atoms with van der Waals surface area (Å²) in [5.41, 5.74) is 3.76. The molecule has 2 aliphatic heterocycles. The van der Waals surface area contributed by atoms with Gasteiger partial charge < -0.3 is 9.80 Å². The van der Waals surface area contributed by atoms with Gasteiger partial charge in [-0.25, -0.2) is 4.39 Å². The summed E-state index contributed by atoms with van der Waals surface area (Å²) in [6.07, 6.45) is 4.61. The van der Waals surface area contributed by atoms with Crippen LogP contribution in [0.15, 0.2) is 42.5 Å². The summed E-state index contributed by atoms with van der Waals surface area (Å²) in [5, 5.41) is 0. The second-order valence-electron chi connectivity index (χ2n) is 10.4. The number of hydrogen-bond donors (Lipinski definition) is 0. The molecule has 1 amide bonds. The van der Waals surface area contributed by atoms with Gasteiger partial charge in [0.05, 0.1) is 0 Å². The van der Waals surface area contributed by atoms with E-state index in [1.807, 2.05) is 17.0 Å². The number of anilines is 1. The minimum absolute atomic E-state index is 0.0183. The van der Waals surface area contributed by atoms with Crippen molar-refractivity contribution in [1.82, 2.24) is 4.90 Å². The number of carbonyl (C=O) groups excluding carboxylic acids is 1. The van der Waals surface area contributed by atoms with Crippen LogP contribution in [0.2, 0.25) is 0 Å². The zero-order valence-electron chi connectivity index (χ0n) is 18.2. The average molecular weight is 407 g/mol. The van der Waals surface area contributed by atoms with Crippen LogP contribution in [-0.4, -0.2) is 36.5 Å². The van der Waals surface area contributed by atoms with Crippen LogP contribution in [0.3, 0.4) is 0 Å². The van der Waals surface area contributed by atoms with Crippen molar-refractivity contribution < 1.29 is 9.18 Å². The highest BCUT2D eigenvalue weighted by Crippen LogP contribution is 2.48. The van der Waals surface area contributed by atoms with E-state index in [-0.39, 0.29) is 22.6 Å². The molecule has 0 N–H and O–H groups in total. The first-order valence-corrected chi connectivity index (χ1v) is 11.2. The number of piperidine rings is 1. The molecule has 3 aliphatic rings. The third-order valence-corrected chi connectivity index (χ3v) is 7.34. The van der Waals surface area contributed by atoms with E-state index in [9.17, 15) is 9.18 Å². The lowest BCUT2D eigenvalue weighted by molar-refractivity contribution is 0.0975. The smallest absolute Gasteiger partial charge is 0.258 e. The maximum atomic E-state index is 14.2. The zero-order valence-corrected chi connectivity index (χ0v) is 18.2. The molecule has 1 aliphatic carbocycles. The first-order chi connectivity index (χ1) is 14.3. The fraction of sp³-hybridized carbons (Fsp3) is 0.500.